The number of nitrogens with one attached hydrogen (secondary N) is 2. The zero-order valence-electron chi connectivity index (χ0n) is 14.2. The van der Waals surface area contributed by atoms with E-state index < -0.39 is 0 Å². The molecule has 1 aliphatic carbocycles. The SMILES string of the molecule is CN(C)C(=O)CN=C(NCc1cccs1)NCC1CCCCC1. The molecule has 2 N–H and O–H groups in total. The van der Waals surface area contributed by atoms with Gasteiger partial charge in [-0.3, -0.25) is 4.79 Å². The zero-order valence-corrected chi connectivity index (χ0v) is 15.0. The van der Waals surface area contributed by atoms with E-state index in [4.69, 9.17) is 0 Å². The second-order valence-corrected chi connectivity index (χ2v) is 7.30. The summed E-state index contributed by atoms with van der Waals surface area (Å²) >= 11 is 1.72. The molecule has 23 heavy (non-hydrogen) atoms. The standard InChI is InChI=1S/C17H28N4OS/c1-21(2)16(22)13-20-17(19-12-15-9-6-10-23-15)18-11-14-7-4-3-5-8-14/h6,9-10,14H,3-5,7-8,11-13H2,1-2H3,(H2,18,19,20). The first-order valence-corrected chi connectivity index (χ1v) is 9.28. The minimum Gasteiger partial charge on any atom is -0.356 e. The molecule has 0 saturated heterocycles. The second-order valence-electron chi connectivity index (χ2n) is 6.27. The van der Waals surface area contributed by atoms with E-state index in [1.54, 1.807) is 30.3 Å². The van der Waals surface area contributed by atoms with Crippen LogP contribution in [-0.4, -0.2) is 44.0 Å². The maximum absolute atomic E-state index is 11.8. The maximum atomic E-state index is 11.8. The van der Waals surface area contributed by atoms with Gasteiger partial charge >= 0.3 is 0 Å². The molecule has 128 valence electrons. The third kappa shape index (κ3) is 6.60. The first-order valence-electron chi connectivity index (χ1n) is 8.40. The van der Waals surface area contributed by atoms with E-state index >= 15 is 0 Å². The number of guanidine groups is 1. The van der Waals surface area contributed by atoms with Crippen molar-refractivity contribution in [2.45, 2.75) is 38.6 Å². The number of rotatable bonds is 6. The summed E-state index contributed by atoms with van der Waals surface area (Å²) in [5, 5.41) is 8.82. The minimum absolute atomic E-state index is 0.0138. The van der Waals surface area contributed by atoms with Crippen molar-refractivity contribution in [1.29, 1.82) is 0 Å². The predicted molar refractivity (Wildman–Crippen MR) is 96.7 cm³/mol. The van der Waals surface area contributed by atoms with Crippen LogP contribution in [0.2, 0.25) is 0 Å². The van der Waals surface area contributed by atoms with Gasteiger partial charge in [-0.2, -0.15) is 0 Å². The fraction of sp³-hybridized carbons (Fsp3) is 0.647. The number of hydrogen-bond donors (Lipinski definition) is 2. The van der Waals surface area contributed by atoms with E-state index in [0.29, 0.717) is 0 Å². The van der Waals surface area contributed by atoms with Crippen LogP contribution in [-0.2, 0) is 11.3 Å². The fourth-order valence-corrected chi connectivity index (χ4v) is 3.32. The first-order chi connectivity index (χ1) is 11.1. The molecule has 0 bridgehead atoms. The molecule has 1 heterocycles. The van der Waals surface area contributed by atoms with Gasteiger partial charge in [-0.25, -0.2) is 4.99 Å². The molecule has 2 rings (SSSR count). The van der Waals surface area contributed by atoms with Crippen LogP contribution in [0.25, 0.3) is 0 Å². The summed E-state index contributed by atoms with van der Waals surface area (Å²) in [5.74, 6) is 1.47. The number of carbonyl (C=O) groups is 1. The van der Waals surface area contributed by atoms with E-state index in [2.05, 4.69) is 27.1 Å². The molecule has 0 aromatic carbocycles. The van der Waals surface area contributed by atoms with E-state index in [0.717, 1.165) is 25.0 Å². The summed E-state index contributed by atoms with van der Waals surface area (Å²) in [6.07, 6.45) is 6.62. The van der Waals surface area contributed by atoms with Crippen LogP contribution in [0.4, 0.5) is 0 Å². The lowest BCUT2D eigenvalue weighted by Gasteiger charge is -2.23. The lowest BCUT2D eigenvalue weighted by molar-refractivity contribution is -0.127. The lowest BCUT2D eigenvalue weighted by atomic mass is 9.89. The highest BCUT2D eigenvalue weighted by molar-refractivity contribution is 7.09. The van der Waals surface area contributed by atoms with Gasteiger partial charge in [-0.1, -0.05) is 25.3 Å². The van der Waals surface area contributed by atoms with Gasteiger partial charge in [0, 0.05) is 25.5 Å². The van der Waals surface area contributed by atoms with Gasteiger partial charge in [0.05, 0.1) is 6.54 Å². The highest BCUT2D eigenvalue weighted by Crippen LogP contribution is 2.22. The van der Waals surface area contributed by atoms with Gasteiger partial charge in [0.25, 0.3) is 0 Å². The number of aliphatic imine (C=N–C) groups is 1. The molecule has 1 fully saturated rings. The predicted octanol–water partition coefficient (Wildman–Crippen LogP) is 2.45. The molecular weight excluding hydrogens is 308 g/mol. The van der Waals surface area contributed by atoms with Gasteiger partial charge in [0.1, 0.15) is 6.54 Å². The summed E-state index contributed by atoms with van der Waals surface area (Å²) in [6, 6.07) is 4.14. The minimum atomic E-state index is 0.0138. The number of amides is 1. The average molecular weight is 337 g/mol. The van der Waals surface area contributed by atoms with Crippen LogP contribution in [0, 0.1) is 5.92 Å². The number of likely N-dealkylation sites (N-methyl/N-ethyl adjacent to an activating group) is 1. The molecule has 1 saturated carbocycles. The summed E-state index contributed by atoms with van der Waals surface area (Å²) < 4.78 is 0. The second kappa shape index (κ2) is 9.55. The third-order valence-corrected chi connectivity index (χ3v) is 5.04. The molecule has 1 aliphatic rings. The van der Waals surface area contributed by atoms with Crippen molar-refractivity contribution in [2.75, 3.05) is 27.2 Å². The van der Waals surface area contributed by atoms with E-state index in [-0.39, 0.29) is 12.5 Å². The third-order valence-electron chi connectivity index (χ3n) is 4.16. The molecule has 0 atom stereocenters. The molecule has 0 radical (unpaired) electrons. The van der Waals surface area contributed by atoms with Crippen LogP contribution in [0.15, 0.2) is 22.5 Å². The largest absolute Gasteiger partial charge is 0.356 e. The van der Waals surface area contributed by atoms with Gasteiger partial charge in [-0.05, 0) is 30.2 Å². The summed E-state index contributed by atoms with van der Waals surface area (Å²) in [4.78, 5) is 19.0. The molecule has 0 aliphatic heterocycles. The summed E-state index contributed by atoms with van der Waals surface area (Å²) in [5.41, 5.74) is 0. The Hall–Kier alpha value is -1.56. The van der Waals surface area contributed by atoms with Gasteiger partial charge in [-0.15, -0.1) is 11.3 Å². The number of carbonyl (C=O) groups excluding carboxylic acids is 1. The van der Waals surface area contributed by atoms with Gasteiger partial charge < -0.3 is 15.5 Å². The molecule has 0 unspecified atom stereocenters. The maximum Gasteiger partial charge on any atom is 0.243 e. The molecule has 0 spiro atoms. The normalized spacial score (nSPS) is 16.2. The number of nitrogens with zero attached hydrogens (tertiary/aromatic N) is 2. The van der Waals surface area contributed by atoms with Crippen molar-refractivity contribution < 1.29 is 4.79 Å². The van der Waals surface area contributed by atoms with Crippen molar-refractivity contribution in [1.82, 2.24) is 15.5 Å². The Kier molecular flexibility index (Phi) is 7.39. The van der Waals surface area contributed by atoms with Crippen LogP contribution in [0.3, 0.4) is 0 Å². The average Bonchev–Trinajstić information content (AvgIpc) is 3.08. The highest BCUT2D eigenvalue weighted by atomic mass is 32.1. The van der Waals surface area contributed by atoms with Crippen LogP contribution in [0.5, 0.6) is 0 Å². The zero-order chi connectivity index (χ0) is 16.5. The summed E-state index contributed by atoms with van der Waals surface area (Å²) in [6.45, 7) is 1.86. The number of hydrogen-bond acceptors (Lipinski definition) is 3. The van der Waals surface area contributed by atoms with Crippen molar-refractivity contribution in [3.05, 3.63) is 22.4 Å². The number of thiophene rings is 1. The molecule has 1 aromatic rings. The smallest absolute Gasteiger partial charge is 0.243 e. The molecule has 1 amide bonds. The lowest BCUT2D eigenvalue weighted by Crippen LogP contribution is -2.40. The van der Waals surface area contributed by atoms with E-state index in [1.165, 1.54) is 37.0 Å². The molecular formula is C17H28N4OS. The van der Waals surface area contributed by atoms with Crippen molar-refractivity contribution in [3.8, 4) is 0 Å². The van der Waals surface area contributed by atoms with Gasteiger partial charge in [0.2, 0.25) is 5.91 Å². The summed E-state index contributed by atoms with van der Waals surface area (Å²) in [7, 11) is 3.51. The molecule has 5 nitrogen and oxygen atoms in total. The van der Waals surface area contributed by atoms with E-state index in [9.17, 15) is 4.79 Å². The van der Waals surface area contributed by atoms with Crippen LogP contribution >= 0.6 is 11.3 Å². The van der Waals surface area contributed by atoms with Gasteiger partial charge in [0.15, 0.2) is 5.96 Å². The van der Waals surface area contributed by atoms with Crippen LogP contribution < -0.4 is 10.6 Å². The van der Waals surface area contributed by atoms with Crippen molar-refractivity contribution >= 4 is 23.2 Å². The van der Waals surface area contributed by atoms with Crippen molar-refractivity contribution in [3.63, 3.8) is 0 Å². The highest BCUT2D eigenvalue weighted by Gasteiger charge is 2.14. The Morgan fingerprint density at radius 3 is 2.74 bits per heavy atom. The van der Waals surface area contributed by atoms with E-state index in [1.807, 2.05) is 6.07 Å². The Balaban J connectivity index is 1.86. The Bertz CT molecular complexity index is 493. The van der Waals surface area contributed by atoms with Crippen molar-refractivity contribution in [2.24, 2.45) is 10.9 Å². The Labute approximate surface area is 143 Å². The topological polar surface area (TPSA) is 56.7 Å². The molecule has 6 heteroatoms. The Morgan fingerprint density at radius 2 is 2.09 bits per heavy atom. The fourth-order valence-electron chi connectivity index (χ4n) is 2.68. The first kappa shape index (κ1) is 17.8. The molecule has 1 aromatic heterocycles. The quantitative estimate of drug-likeness (QED) is 0.620. The Morgan fingerprint density at radius 1 is 1.30 bits per heavy atom. The monoisotopic (exact) mass is 336 g/mol. The van der Waals surface area contributed by atoms with Crippen LogP contribution in [0.1, 0.15) is 37.0 Å².